The minimum Gasteiger partial charge on any atom is -0.396 e. The number of amides is 1. The summed E-state index contributed by atoms with van der Waals surface area (Å²) in [5.74, 6) is 0.255. The Morgan fingerprint density at radius 3 is 3.05 bits per heavy atom. The number of hydrogen-bond acceptors (Lipinski definition) is 5. The Kier molecular flexibility index (Phi) is 4.52. The monoisotopic (exact) mass is 278 g/mol. The van der Waals surface area contributed by atoms with E-state index < -0.39 is 0 Å². The molecule has 2 heterocycles. The van der Waals surface area contributed by atoms with Crippen molar-refractivity contribution in [3.8, 4) is 0 Å². The van der Waals surface area contributed by atoms with Crippen LogP contribution < -0.4 is 5.32 Å². The van der Waals surface area contributed by atoms with Crippen LogP contribution >= 0.6 is 0 Å². The number of carbonyl (C=O) groups is 1. The van der Waals surface area contributed by atoms with E-state index in [-0.39, 0.29) is 24.2 Å². The van der Waals surface area contributed by atoms with Gasteiger partial charge in [0.15, 0.2) is 11.5 Å². The van der Waals surface area contributed by atoms with Gasteiger partial charge >= 0.3 is 0 Å². The van der Waals surface area contributed by atoms with Gasteiger partial charge in [0.25, 0.3) is 5.91 Å². The van der Waals surface area contributed by atoms with Crippen molar-refractivity contribution in [1.29, 1.82) is 0 Å². The number of aryl methyl sites for hydroxylation is 1. The molecule has 2 rings (SSSR count). The molecule has 0 radical (unpaired) electrons. The van der Waals surface area contributed by atoms with E-state index in [1.807, 2.05) is 20.0 Å². The molecule has 0 bridgehead atoms. The zero-order chi connectivity index (χ0) is 14.5. The molecule has 0 saturated heterocycles. The Morgan fingerprint density at radius 2 is 2.40 bits per heavy atom. The molecule has 0 aromatic carbocycles. The Labute approximate surface area is 116 Å². The lowest BCUT2D eigenvalue weighted by Crippen LogP contribution is -2.33. The van der Waals surface area contributed by atoms with Crippen LogP contribution in [0, 0.1) is 6.92 Å². The zero-order valence-corrected chi connectivity index (χ0v) is 11.5. The summed E-state index contributed by atoms with van der Waals surface area (Å²) in [7, 11) is 0. The van der Waals surface area contributed by atoms with Crippen LogP contribution in [0.1, 0.15) is 35.2 Å². The Hall–Kier alpha value is -2.15. The molecule has 0 aliphatic rings. The summed E-state index contributed by atoms with van der Waals surface area (Å²) in [4.78, 5) is 11.9. The number of nitrogens with one attached hydrogen (secondary N) is 1. The topological polar surface area (TPSA) is 93.2 Å². The van der Waals surface area contributed by atoms with Crippen LogP contribution in [-0.4, -0.2) is 38.6 Å². The summed E-state index contributed by atoms with van der Waals surface area (Å²) < 4.78 is 6.83. The third-order valence-electron chi connectivity index (χ3n) is 2.81. The standard InChI is InChI=1S/C13H18N4O3/c1-9-6-14-17(7-9)8-11-5-12(16-20-11)13(19)15-10(2)3-4-18/h5-7,10,18H,3-4,8H2,1-2H3,(H,15,19). The quantitative estimate of drug-likeness (QED) is 0.812. The zero-order valence-electron chi connectivity index (χ0n) is 11.5. The molecule has 108 valence electrons. The second-order valence-electron chi connectivity index (χ2n) is 4.78. The third kappa shape index (κ3) is 3.67. The normalized spacial score (nSPS) is 12.3. The molecular weight excluding hydrogens is 260 g/mol. The van der Waals surface area contributed by atoms with Crippen molar-refractivity contribution in [2.24, 2.45) is 0 Å². The van der Waals surface area contributed by atoms with Crippen molar-refractivity contribution < 1.29 is 14.4 Å². The van der Waals surface area contributed by atoms with Gasteiger partial charge in [-0.25, -0.2) is 0 Å². The number of rotatable bonds is 6. The molecule has 20 heavy (non-hydrogen) atoms. The predicted octanol–water partition coefficient (Wildman–Crippen LogP) is 0.729. The van der Waals surface area contributed by atoms with Gasteiger partial charge in [-0.1, -0.05) is 5.16 Å². The van der Waals surface area contributed by atoms with Crippen molar-refractivity contribution >= 4 is 5.91 Å². The Morgan fingerprint density at radius 1 is 1.60 bits per heavy atom. The van der Waals surface area contributed by atoms with E-state index in [4.69, 9.17) is 9.63 Å². The van der Waals surface area contributed by atoms with Gasteiger partial charge in [-0.2, -0.15) is 5.10 Å². The van der Waals surface area contributed by atoms with E-state index in [0.717, 1.165) is 5.56 Å². The van der Waals surface area contributed by atoms with Gasteiger partial charge < -0.3 is 14.9 Å². The second kappa shape index (κ2) is 6.33. The highest BCUT2D eigenvalue weighted by atomic mass is 16.5. The molecule has 0 fully saturated rings. The van der Waals surface area contributed by atoms with Crippen LogP contribution in [0.3, 0.4) is 0 Å². The summed E-state index contributed by atoms with van der Waals surface area (Å²) in [6, 6.07) is 1.49. The first kappa shape index (κ1) is 14.3. The molecule has 0 aliphatic heterocycles. The highest BCUT2D eigenvalue weighted by Crippen LogP contribution is 2.07. The smallest absolute Gasteiger partial charge is 0.273 e. The Balaban J connectivity index is 1.96. The third-order valence-corrected chi connectivity index (χ3v) is 2.81. The van der Waals surface area contributed by atoms with Gasteiger partial charge in [-0.15, -0.1) is 0 Å². The molecule has 2 aromatic rings. The molecule has 1 atom stereocenters. The van der Waals surface area contributed by atoms with Gasteiger partial charge in [0.2, 0.25) is 0 Å². The highest BCUT2D eigenvalue weighted by molar-refractivity contribution is 5.92. The lowest BCUT2D eigenvalue weighted by atomic mass is 10.2. The fourth-order valence-corrected chi connectivity index (χ4v) is 1.77. The van der Waals surface area contributed by atoms with Gasteiger partial charge in [-0.05, 0) is 25.8 Å². The number of nitrogens with zero attached hydrogens (tertiary/aromatic N) is 3. The summed E-state index contributed by atoms with van der Waals surface area (Å²) >= 11 is 0. The van der Waals surface area contributed by atoms with Gasteiger partial charge in [-0.3, -0.25) is 9.48 Å². The number of aliphatic hydroxyl groups excluding tert-OH is 1. The summed E-state index contributed by atoms with van der Waals surface area (Å²) in [6.07, 6.45) is 4.13. The molecular formula is C13H18N4O3. The average molecular weight is 278 g/mol. The maximum absolute atomic E-state index is 11.9. The molecule has 1 amide bonds. The summed E-state index contributed by atoms with van der Waals surface area (Å²) in [5.41, 5.74) is 1.29. The van der Waals surface area contributed by atoms with E-state index >= 15 is 0 Å². The van der Waals surface area contributed by atoms with E-state index in [2.05, 4.69) is 15.6 Å². The molecule has 7 nitrogen and oxygen atoms in total. The molecule has 7 heteroatoms. The van der Waals surface area contributed by atoms with Gasteiger partial charge in [0, 0.05) is 24.9 Å². The predicted molar refractivity (Wildman–Crippen MR) is 71.2 cm³/mol. The van der Waals surface area contributed by atoms with Crippen molar-refractivity contribution in [2.45, 2.75) is 32.9 Å². The molecule has 0 saturated carbocycles. The first-order chi connectivity index (χ1) is 9.58. The van der Waals surface area contributed by atoms with Crippen LogP contribution in [0.15, 0.2) is 23.0 Å². The fraction of sp³-hybridized carbons (Fsp3) is 0.462. The van der Waals surface area contributed by atoms with E-state index in [1.54, 1.807) is 16.9 Å². The Bertz CT molecular complexity index is 576. The summed E-state index contributed by atoms with van der Waals surface area (Å²) in [5, 5.41) is 19.4. The SMILES string of the molecule is Cc1cnn(Cc2cc(C(=O)NC(C)CCO)no2)c1. The average Bonchev–Trinajstić information content (AvgIpc) is 2.99. The molecule has 2 N–H and O–H groups in total. The second-order valence-corrected chi connectivity index (χ2v) is 4.78. The van der Waals surface area contributed by atoms with E-state index in [1.165, 1.54) is 0 Å². The highest BCUT2D eigenvalue weighted by Gasteiger charge is 2.15. The number of carbonyl (C=O) groups excluding carboxylic acids is 1. The first-order valence-corrected chi connectivity index (χ1v) is 6.45. The van der Waals surface area contributed by atoms with Crippen LogP contribution in [0.5, 0.6) is 0 Å². The molecule has 1 unspecified atom stereocenters. The van der Waals surface area contributed by atoms with Crippen LogP contribution in [-0.2, 0) is 6.54 Å². The van der Waals surface area contributed by atoms with Crippen molar-refractivity contribution in [2.75, 3.05) is 6.61 Å². The molecule has 0 aliphatic carbocycles. The van der Waals surface area contributed by atoms with Crippen molar-refractivity contribution in [1.82, 2.24) is 20.3 Å². The molecule has 2 aromatic heterocycles. The largest absolute Gasteiger partial charge is 0.396 e. The fourth-order valence-electron chi connectivity index (χ4n) is 1.77. The van der Waals surface area contributed by atoms with Crippen LogP contribution in [0.25, 0.3) is 0 Å². The number of aromatic nitrogens is 3. The van der Waals surface area contributed by atoms with Gasteiger partial charge in [0.1, 0.15) is 6.54 Å². The summed E-state index contributed by atoms with van der Waals surface area (Å²) in [6.45, 7) is 4.23. The maximum atomic E-state index is 11.9. The molecule has 0 spiro atoms. The van der Waals surface area contributed by atoms with E-state index in [9.17, 15) is 4.79 Å². The van der Waals surface area contributed by atoms with Crippen molar-refractivity contribution in [3.63, 3.8) is 0 Å². The van der Waals surface area contributed by atoms with E-state index in [0.29, 0.717) is 18.7 Å². The minimum absolute atomic E-state index is 0.0319. The van der Waals surface area contributed by atoms with Crippen LogP contribution in [0.4, 0.5) is 0 Å². The van der Waals surface area contributed by atoms with Crippen molar-refractivity contribution in [3.05, 3.63) is 35.5 Å². The van der Waals surface area contributed by atoms with Crippen LogP contribution in [0.2, 0.25) is 0 Å². The maximum Gasteiger partial charge on any atom is 0.273 e. The van der Waals surface area contributed by atoms with Gasteiger partial charge in [0.05, 0.1) is 6.20 Å². The lowest BCUT2D eigenvalue weighted by Gasteiger charge is -2.10. The lowest BCUT2D eigenvalue weighted by molar-refractivity contribution is 0.0925. The number of hydrogen-bond donors (Lipinski definition) is 2. The minimum atomic E-state index is -0.308. The number of aliphatic hydroxyl groups is 1. The first-order valence-electron chi connectivity index (χ1n) is 6.45.